The van der Waals surface area contributed by atoms with Crippen LogP contribution in [0.3, 0.4) is 0 Å². The topological polar surface area (TPSA) is 69.6 Å². The molecule has 0 saturated heterocycles. The van der Waals surface area contributed by atoms with Gasteiger partial charge < -0.3 is 15.5 Å². The predicted molar refractivity (Wildman–Crippen MR) is 66.6 cm³/mol. The van der Waals surface area contributed by atoms with Crippen molar-refractivity contribution >= 4 is 17.5 Å². The van der Waals surface area contributed by atoms with Crippen LogP contribution in [0.1, 0.15) is 30.6 Å². The summed E-state index contributed by atoms with van der Waals surface area (Å²) < 4.78 is 0. The van der Waals surface area contributed by atoms with Crippen molar-refractivity contribution in [2.24, 2.45) is 0 Å². The maximum Gasteiger partial charge on any atom is 0.251 e. The molecule has 0 fully saturated rings. The Morgan fingerprint density at radius 2 is 1.82 bits per heavy atom. The molecule has 94 valence electrons. The predicted octanol–water partition coefficient (Wildman–Crippen LogP) is 2.23. The van der Waals surface area contributed by atoms with Crippen LogP contribution in [-0.2, 0) is 0 Å². The third kappa shape index (κ3) is 4.53. The number of nitrogens with one attached hydrogen (secondary N) is 1. The number of benzene rings is 1. The van der Waals surface area contributed by atoms with Crippen LogP contribution in [0, 0.1) is 0 Å². The molecule has 0 aromatic heterocycles. The number of carbonyl (C=O) groups excluding carboxylic acids is 1. The number of phenols is 2. The molecular weight excluding hydrogens is 242 g/mol. The first-order chi connectivity index (χ1) is 7.88. The van der Waals surface area contributed by atoms with Crippen molar-refractivity contribution in [2.75, 3.05) is 0 Å². The highest BCUT2D eigenvalue weighted by Gasteiger charge is 2.13. The first-order valence-electron chi connectivity index (χ1n) is 5.36. The Bertz CT molecular complexity index is 386. The second-order valence-electron chi connectivity index (χ2n) is 4.13. The summed E-state index contributed by atoms with van der Waals surface area (Å²) in [5.74, 6) is -0.636. The van der Waals surface area contributed by atoms with Crippen molar-refractivity contribution in [3.63, 3.8) is 0 Å². The minimum atomic E-state index is -0.346. The number of amides is 1. The lowest BCUT2D eigenvalue weighted by atomic mass is 10.1. The fraction of sp³-hybridized carbons (Fsp3) is 0.417. The van der Waals surface area contributed by atoms with Gasteiger partial charge in [-0.3, -0.25) is 4.79 Å². The smallest absolute Gasteiger partial charge is 0.251 e. The third-order valence-corrected chi connectivity index (χ3v) is 2.40. The van der Waals surface area contributed by atoms with Crippen LogP contribution in [0.5, 0.6) is 11.5 Å². The standard InChI is InChI=1S/C12H16ClNO3/c1-7(13)3-8(2)14-12(17)9-4-10(15)6-11(16)5-9/h4-8,15-16H,3H2,1-2H3,(H,14,17). The molecule has 3 N–H and O–H groups in total. The van der Waals surface area contributed by atoms with Gasteiger partial charge in [0.05, 0.1) is 0 Å². The fourth-order valence-electron chi connectivity index (χ4n) is 1.58. The molecule has 5 heteroatoms. The first kappa shape index (κ1) is 13.6. The van der Waals surface area contributed by atoms with Gasteiger partial charge in [0.25, 0.3) is 5.91 Å². The van der Waals surface area contributed by atoms with Gasteiger partial charge in [-0.25, -0.2) is 0 Å². The molecule has 17 heavy (non-hydrogen) atoms. The number of hydrogen-bond donors (Lipinski definition) is 3. The summed E-state index contributed by atoms with van der Waals surface area (Å²) in [6, 6.07) is 3.69. The zero-order valence-corrected chi connectivity index (χ0v) is 10.5. The molecule has 2 atom stereocenters. The molecule has 0 saturated carbocycles. The van der Waals surface area contributed by atoms with Gasteiger partial charge in [0.1, 0.15) is 11.5 Å². The Morgan fingerprint density at radius 1 is 1.29 bits per heavy atom. The van der Waals surface area contributed by atoms with E-state index in [9.17, 15) is 15.0 Å². The summed E-state index contributed by atoms with van der Waals surface area (Å²) in [6.07, 6.45) is 0.651. The monoisotopic (exact) mass is 257 g/mol. The lowest BCUT2D eigenvalue weighted by Gasteiger charge is -2.15. The van der Waals surface area contributed by atoms with Gasteiger partial charge in [-0.2, -0.15) is 0 Å². The van der Waals surface area contributed by atoms with Gasteiger partial charge in [0.2, 0.25) is 0 Å². The highest BCUT2D eigenvalue weighted by atomic mass is 35.5. The van der Waals surface area contributed by atoms with E-state index >= 15 is 0 Å². The van der Waals surface area contributed by atoms with Gasteiger partial charge in [-0.05, 0) is 32.4 Å². The van der Waals surface area contributed by atoms with E-state index in [2.05, 4.69) is 5.32 Å². The van der Waals surface area contributed by atoms with E-state index in [0.717, 1.165) is 0 Å². The molecule has 0 aliphatic rings. The molecule has 0 radical (unpaired) electrons. The van der Waals surface area contributed by atoms with E-state index in [4.69, 9.17) is 11.6 Å². The van der Waals surface area contributed by atoms with E-state index in [1.54, 1.807) is 0 Å². The summed E-state index contributed by atoms with van der Waals surface area (Å²) in [7, 11) is 0. The maximum absolute atomic E-state index is 11.8. The molecule has 1 aromatic carbocycles. The van der Waals surface area contributed by atoms with E-state index in [-0.39, 0.29) is 34.4 Å². The third-order valence-electron chi connectivity index (χ3n) is 2.22. The normalized spacial score (nSPS) is 14.1. The lowest BCUT2D eigenvalue weighted by molar-refractivity contribution is 0.0937. The molecule has 0 bridgehead atoms. The zero-order chi connectivity index (χ0) is 13.0. The van der Waals surface area contributed by atoms with E-state index < -0.39 is 0 Å². The SMILES string of the molecule is CC(Cl)CC(C)NC(=O)c1cc(O)cc(O)c1. The van der Waals surface area contributed by atoms with E-state index in [1.807, 2.05) is 13.8 Å². The van der Waals surface area contributed by atoms with Gasteiger partial charge in [0.15, 0.2) is 0 Å². The molecule has 1 rings (SSSR count). The molecular formula is C12H16ClNO3. The second kappa shape index (κ2) is 5.77. The van der Waals surface area contributed by atoms with Crippen molar-refractivity contribution in [3.8, 4) is 11.5 Å². The van der Waals surface area contributed by atoms with Gasteiger partial charge >= 0.3 is 0 Å². The number of phenolic OH excluding ortho intramolecular Hbond substituents is 2. The molecule has 1 amide bonds. The molecule has 0 aliphatic carbocycles. The Balaban J connectivity index is 2.69. The highest BCUT2D eigenvalue weighted by molar-refractivity contribution is 6.20. The number of carbonyl (C=O) groups is 1. The van der Waals surface area contributed by atoms with Crippen molar-refractivity contribution in [1.29, 1.82) is 0 Å². The maximum atomic E-state index is 11.8. The highest BCUT2D eigenvalue weighted by Crippen LogP contribution is 2.20. The van der Waals surface area contributed by atoms with Crippen molar-refractivity contribution in [3.05, 3.63) is 23.8 Å². The van der Waals surface area contributed by atoms with Crippen LogP contribution in [0.4, 0.5) is 0 Å². The minimum Gasteiger partial charge on any atom is -0.508 e. The molecule has 0 spiro atoms. The first-order valence-corrected chi connectivity index (χ1v) is 5.80. The van der Waals surface area contributed by atoms with Crippen LogP contribution >= 0.6 is 11.6 Å². The second-order valence-corrected chi connectivity index (χ2v) is 4.87. The molecule has 0 aliphatic heterocycles. The number of hydrogen-bond acceptors (Lipinski definition) is 3. The van der Waals surface area contributed by atoms with Crippen LogP contribution < -0.4 is 5.32 Å². The summed E-state index contributed by atoms with van der Waals surface area (Å²) in [4.78, 5) is 11.8. The van der Waals surface area contributed by atoms with Crippen LogP contribution in [0.15, 0.2) is 18.2 Å². The molecule has 4 nitrogen and oxygen atoms in total. The largest absolute Gasteiger partial charge is 0.508 e. The van der Waals surface area contributed by atoms with Crippen LogP contribution in [-0.4, -0.2) is 27.5 Å². The Morgan fingerprint density at radius 3 is 2.29 bits per heavy atom. The number of halogens is 1. The summed E-state index contributed by atoms with van der Waals surface area (Å²) in [6.45, 7) is 3.70. The molecule has 1 aromatic rings. The van der Waals surface area contributed by atoms with Crippen molar-refractivity contribution in [2.45, 2.75) is 31.7 Å². The number of rotatable bonds is 4. The Hall–Kier alpha value is -1.42. The summed E-state index contributed by atoms with van der Waals surface area (Å²) in [5.41, 5.74) is 0.219. The zero-order valence-electron chi connectivity index (χ0n) is 9.77. The fourth-order valence-corrected chi connectivity index (χ4v) is 1.85. The van der Waals surface area contributed by atoms with Crippen molar-refractivity contribution < 1.29 is 15.0 Å². The Kier molecular flexibility index (Phi) is 4.63. The molecule has 0 heterocycles. The molecule has 2 unspecified atom stereocenters. The number of alkyl halides is 1. The average Bonchev–Trinajstić information content (AvgIpc) is 2.14. The van der Waals surface area contributed by atoms with Gasteiger partial charge in [-0.15, -0.1) is 11.6 Å². The number of aromatic hydroxyl groups is 2. The van der Waals surface area contributed by atoms with Crippen molar-refractivity contribution in [1.82, 2.24) is 5.32 Å². The summed E-state index contributed by atoms with van der Waals surface area (Å²) >= 11 is 5.82. The quantitative estimate of drug-likeness (QED) is 0.725. The Labute approximate surface area is 105 Å². The van der Waals surface area contributed by atoms with Gasteiger partial charge in [-0.1, -0.05) is 0 Å². The van der Waals surface area contributed by atoms with E-state index in [1.165, 1.54) is 18.2 Å². The minimum absolute atomic E-state index is 0.0251. The van der Waals surface area contributed by atoms with Gasteiger partial charge in [0, 0.05) is 23.0 Å². The lowest BCUT2D eigenvalue weighted by Crippen LogP contribution is -2.33. The summed E-state index contributed by atoms with van der Waals surface area (Å²) in [5, 5.41) is 21.2. The average molecular weight is 258 g/mol. The van der Waals surface area contributed by atoms with E-state index in [0.29, 0.717) is 6.42 Å². The van der Waals surface area contributed by atoms with Crippen LogP contribution in [0.2, 0.25) is 0 Å². The van der Waals surface area contributed by atoms with Crippen LogP contribution in [0.25, 0.3) is 0 Å².